The average Bonchev–Trinajstić information content (AvgIpc) is 2.99. The second-order valence-electron chi connectivity index (χ2n) is 5.00. The summed E-state index contributed by atoms with van der Waals surface area (Å²) in [6, 6.07) is 8.43. The van der Waals surface area contributed by atoms with Crippen LogP contribution in [0, 0.1) is 6.92 Å². The highest BCUT2D eigenvalue weighted by Crippen LogP contribution is 2.25. The predicted molar refractivity (Wildman–Crippen MR) is 83.0 cm³/mol. The Hall–Kier alpha value is -1.81. The van der Waals surface area contributed by atoms with Gasteiger partial charge >= 0.3 is 0 Å². The Morgan fingerprint density at radius 3 is 2.50 bits per heavy atom. The van der Waals surface area contributed by atoms with Crippen molar-refractivity contribution >= 4 is 28.8 Å². The van der Waals surface area contributed by atoms with Crippen LogP contribution in [0.5, 0.6) is 0 Å². The first-order valence-electron chi connectivity index (χ1n) is 6.83. The van der Waals surface area contributed by atoms with E-state index in [9.17, 15) is 0 Å². The molecule has 104 valence electrons. The van der Waals surface area contributed by atoms with Gasteiger partial charge in [0.2, 0.25) is 0 Å². The number of nitrogens with one attached hydrogen (secondary N) is 1. The van der Waals surface area contributed by atoms with Crippen molar-refractivity contribution in [3.05, 3.63) is 41.3 Å². The van der Waals surface area contributed by atoms with Gasteiger partial charge in [-0.3, -0.25) is 0 Å². The summed E-state index contributed by atoms with van der Waals surface area (Å²) in [6.07, 6.45) is 4.05. The lowest BCUT2D eigenvalue weighted by molar-refractivity contribution is 0.949. The van der Waals surface area contributed by atoms with Crippen LogP contribution in [0.3, 0.4) is 0 Å². The van der Waals surface area contributed by atoms with E-state index in [0.717, 1.165) is 30.2 Å². The molecule has 1 N–H and O–H groups in total. The van der Waals surface area contributed by atoms with Crippen molar-refractivity contribution in [2.75, 3.05) is 23.3 Å². The predicted octanol–water partition coefficient (Wildman–Crippen LogP) is 3.78. The molecule has 0 saturated carbocycles. The molecule has 3 rings (SSSR count). The molecular formula is C15H17ClN4. The first kappa shape index (κ1) is 13.2. The topological polar surface area (TPSA) is 41.1 Å². The van der Waals surface area contributed by atoms with Crippen molar-refractivity contribution in [1.82, 2.24) is 9.97 Å². The zero-order chi connectivity index (χ0) is 13.9. The molecule has 4 nitrogen and oxygen atoms in total. The number of aromatic nitrogens is 2. The van der Waals surface area contributed by atoms with Gasteiger partial charge in [-0.2, -0.15) is 0 Å². The lowest BCUT2D eigenvalue weighted by Gasteiger charge is -2.18. The van der Waals surface area contributed by atoms with Gasteiger partial charge in [0, 0.05) is 30.0 Å². The highest BCUT2D eigenvalue weighted by Gasteiger charge is 2.12. The van der Waals surface area contributed by atoms with Gasteiger partial charge in [0.25, 0.3) is 0 Å². The lowest BCUT2D eigenvalue weighted by atomic mass is 10.2. The third-order valence-electron chi connectivity index (χ3n) is 3.62. The second-order valence-corrected chi connectivity index (χ2v) is 5.36. The van der Waals surface area contributed by atoms with Crippen LogP contribution in [-0.4, -0.2) is 23.1 Å². The molecule has 0 unspecified atom stereocenters. The Labute approximate surface area is 123 Å². The van der Waals surface area contributed by atoms with Gasteiger partial charge in [0.15, 0.2) is 0 Å². The summed E-state index contributed by atoms with van der Waals surface area (Å²) in [5, 5.41) is 3.76. The number of anilines is 3. The van der Waals surface area contributed by atoms with E-state index in [-0.39, 0.29) is 0 Å². The van der Waals surface area contributed by atoms with Crippen LogP contribution in [0.15, 0.2) is 30.6 Å². The highest BCUT2D eigenvalue weighted by atomic mass is 35.5. The van der Waals surface area contributed by atoms with E-state index in [4.69, 9.17) is 11.6 Å². The fourth-order valence-corrected chi connectivity index (χ4v) is 2.56. The van der Waals surface area contributed by atoms with Crippen LogP contribution in [0.2, 0.25) is 5.15 Å². The summed E-state index contributed by atoms with van der Waals surface area (Å²) < 4.78 is 0. The molecule has 0 radical (unpaired) electrons. The van der Waals surface area contributed by atoms with Crippen LogP contribution in [0.4, 0.5) is 17.2 Å². The summed E-state index contributed by atoms with van der Waals surface area (Å²) >= 11 is 5.99. The molecule has 0 atom stereocenters. The third kappa shape index (κ3) is 2.70. The maximum Gasteiger partial charge on any atom is 0.138 e. The van der Waals surface area contributed by atoms with E-state index in [1.807, 2.05) is 6.92 Å². The van der Waals surface area contributed by atoms with E-state index in [1.165, 1.54) is 24.9 Å². The van der Waals surface area contributed by atoms with Crippen molar-refractivity contribution in [2.45, 2.75) is 19.8 Å². The fourth-order valence-electron chi connectivity index (χ4n) is 2.42. The van der Waals surface area contributed by atoms with Crippen molar-refractivity contribution in [3.8, 4) is 0 Å². The van der Waals surface area contributed by atoms with Crippen molar-refractivity contribution in [2.24, 2.45) is 0 Å². The summed E-state index contributed by atoms with van der Waals surface area (Å²) in [5.74, 6) is 0.749. The quantitative estimate of drug-likeness (QED) is 0.873. The molecule has 1 aromatic heterocycles. The SMILES string of the molecule is Cc1c(Cl)ncnc1Nc1ccc(N2CCCC2)cc1. The first-order valence-corrected chi connectivity index (χ1v) is 7.21. The summed E-state index contributed by atoms with van der Waals surface area (Å²) in [5.41, 5.74) is 3.15. The van der Waals surface area contributed by atoms with Crippen LogP contribution in [-0.2, 0) is 0 Å². The number of rotatable bonds is 3. The van der Waals surface area contributed by atoms with Crippen molar-refractivity contribution in [1.29, 1.82) is 0 Å². The maximum absolute atomic E-state index is 5.99. The molecule has 5 heteroatoms. The molecule has 0 aliphatic carbocycles. The molecule has 0 spiro atoms. The monoisotopic (exact) mass is 288 g/mol. The molecule has 1 aliphatic rings. The summed E-state index contributed by atoms with van der Waals surface area (Å²) in [4.78, 5) is 10.6. The van der Waals surface area contributed by atoms with E-state index in [0.29, 0.717) is 5.15 Å². The molecule has 2 heterocycles. The number of nitrogens with zero attached hydrogens (tertiary/aromatic N) is 3. The Morgan fingerprint density at radius 1 is 1.10 bits per heavy atom. The van der Waals surface area contributed by atoms with E-state index in [2.05, 4.69) is 44.5 Å². The Morgan fingerprint density at radius 2 is 1.80 bits per heavy atom. The molecular weight excluding hydrogens is 272 g/mol. The summed E-state index contributed by atoms with van der Waals surface area (Å²) in [6.45, 7) is 4.23. The zero-order valence-corrected chi connectivity index (χ0v) is 12.2. The van der Waals surface area contributed by atoms with Gasteiger partial charge < -0.3 is 10.2 Å². The van der Waals surface area contributed by atoms with Gasteiger partial charge in [-0.25, -0.2) is 9.97 Å². The number of benzene rings is 1. The van der Waals surface area contributed by atoms with E-state index in [1.54, 1.807) is 0 Å². The standard InChI is InChI=1S/C15H17ClN4/c1-11-14(16)17-10-18-15(11)19-12-4-6-13(7-5-12)20-8-2-3-9-20/h4-7,10H,2-3,8-9H2,1H3,(H,17,18,19). The molecule has 0 amide bonds. The Bertz CT molecular complexity index is 591. The van der Waals surface area contributed by atoms with Gasteiger partial charge in [0.05, 0.1) is 0 Å². The molecule has 1 aliphatic heterocycles. The fraction of sp³-hybridized carbons (Fsp3) is 0.333. The van der Waals surface area contributed by atoms with Crippen LogP contribution in [0.25, 0.3) is 0 Å². The van der Waals surface area contributed by atoms with E-state index >= 15 is 0 Å². The van der Waals surface area contributed by atoms with E-state index < -0.39 is 0 Å². The smallest absolute Gasteiger partial charge is 0.138 e. The Kier molecular flexibility index (Phi) is 3.74. The second kappa shape index (κ2) is 5.67. The molecule has 1 fully saturated rings. The average molecular weight is 289 g/mol. The third-order valence-corrected chi connectivity index (χ3v) is 4.00. The van der Waals surface area contributed by atoms with Crippen molar-refractivity contribution < 1.29 is 0 Å². The normalized spacial score (nSPS) is 14.6. The number of hydrogen-bond acceptors (Lipinski definition) is 4. The minimum absolute atomic E-state index is 0.483. The van der Waals surface area contributed by atoms with Gasteiger partial charge in [-0.15, -0.1) is 0 Å². The minimum atomic E-state index is 0.483. The molecule has 2 aromatic rings. The summed E-state index contributed by atoms with van der Waals surface area (Å²) in [7, 11) is 0. The lowest BCUT2D eigenvalue weighted by Crippen LogP contribution is -2.17. The zero-order valence-electron chi connectivity index (χ0n) is 11.4. The maximum atomic E-state index is 5.99. The van der Waals surface area contributed by atoms with Gasteiger partial charge in [-0.1, -0.05) is 11.6 Å². The molecule has 1 aromatic carbocycles. The number of hydrogen-bond donors (Lipinski definition) is 1. The van der Waals surface area contributed by atoms with Crippen LogP contribution in [0.1, 0.15) is 18.4 Å². The van der Waals surface area contributed by atoms with Crippen LogP contribution >= 0.6 is 11.6 Å². The van der Waals surface area contributed by atoms with Gasteiger partial charge in [-0.05, 0) is 44.0 Å². The van der Waals surface area contributed by atoms with Crippen LogP contribution < -0.4 is 10.2 Å². The number of halogens is 1. The molecule has 20 heavy (non-hydrogen) atoms. The Balaban J connectivity index is 1.76. The van der Waals surface area contributed by atoms with Crippen molar-refractivity contribution in [3.63, 3.8) is 0 Å². The molecule has 1 saturated heterocycles. The minimum Gasteiger partial charge on any atom is -0.372 e. The van der Waals surface area contributed by atoms with Gasteiger partial charge in [0.1, 0.15) is 17.3 Å². The first-order chi connectivity index (χ1) is 9.74. The highest BCUT2D eigenvalue weighted by molar-refractivity contribution is 6.30. The largest absolute Gasteiger partial charge is 0.372 e. The molecule has 0 bridgehead atoms.